The molecule has 4 rings (SSSR count). The van der Waals surface area contributed by atoms with Crippen LogP contribution in [0.4, 0.5) is 0 Å². The molecule has 2 aromatic rings. The van der Waals surface area contributed by atoms with Crippen LogP contribution in [0.3, 0.4) is 0 Å². The van der Waals surface area contributed by atoms with Crippen LogP contribution in [0.1, 0.15) is 42.6 Å². The molecule has 0 radical (unpaired) electrons. The Hall–Kier alpha value is -1.90. The molecule has 0 amide bonds. The Morgan fingerprint density at radius 2 is 1.32 bits per heavy atom. The van der Waals surface area contributed by atoms with Crippen LogP contribution in [0, 0.1) is 0 Å². The molecule has 1 spiro atoms. The third-order valence-electron chi connectivity index (χ3n) is 4.45. The maximum atomic E-state index is 6.43. The first-order valence-electron chi connectivity index (χ1n) is 8.00. The van der Waals surface area contributed by atoms with Gasteiger partial charge in [-0.25, -0.2) is 0 Å². The molecule has 2 heteroatoms. The van der Waals surface area contributed by atoms with E-state index < -0.39 is 5.79 Å². The Morgan fingerprint density at radius 1 is 0.773 bits per heavy atom. The Morgan fingerprint density at radius 3 is 1.77 bits per heavy atom. The van der Waals surface area contributed by atoms with Crippen molar-refractivity contribution in [1.29, 1.82) is 0 Å². The highest BCUT2D eigenvalue weighted by molar-refractivity contribution is 5.27. The highest BCUT2D eigenvalue weighted by atomic mass is 16.8. The largest absolute Gasteiger partial charge is 0.335 e. The summed E-state index contributed by atoms with van der Waals surface area (Å²) in [7, 11) is 0. The fourth-order valence-corrected chi connectivity index (χ4v) is 3.36. The van der Waals surface area contributed by atoms with Crippen LogP contribution in [0.15, 0.2) is 72.8 Å². The first kappa shape index (κ1) is 13.7. The molecule has 0 N–H and O–H groups in total. The van der Waals surface area contributed by atoms with Crippen LogP contribution in [0.25, 0.3) is 0 Å². The van der Waals surface area contributed by atoms with Gasteiger partial charge in [-0.2, -0.15) is 0 Å². The van der Waals surface area contributed by atoms with Crippen molar-refractivity contribution in [1.82, 2.24) is 0 Å². The maximum Gasteiger partial charge on any atom is 0.189 e. The topological polar surface area (TPSA) is 18.5 Å². The van der Waals surface area contributed by atoms with Crippen molar-refractivity contribution in [3.8, 4) is 0 Å². The summed E-state index contributed by atoms with van der Waals surface area (Å²) >= 11 is 0. The Bertz CT molecular complexity index is 600. The minimum atomic E-state index is -0.556. The van der Waals surface area contributed by atoms with Gasteiger partial charge >= 0.3 is 0 Å². The highest BCUT2D eigenvalue weighted by Crippen LogP contribution is 2.50. The van der Waals surface area contributed by atoms with E-state index in [-0.39, 0.29) is 12.2 Å². The summed E-state index contributed by atoms with van der Waals surface area (Å²) in [6.07, 6.45) is 7.31. The van der Waals surface area contributed by atoms with Crippen LogP contribution in [0.5, 0.6) is 0 Å². The van der Waals surface area contributed by atoms with Crippen molar-refractivity contribution in [3.63, 3.8) is 0 Å². The molecule has 1 aliphatic carbocycles. The average Bonchev–Trinajstić information content (AvgIpc) is 2.96. The summed E-state index contributed by atoms with van der Waals surface area (Å²) < 4.78 is 12.9. The first-order chi connectivity index (χ1) is 10.9. The summed E-state index contributed by atoms with van der Waals surface area (Å²) in [5, 5.41) is 0. The van der Waals surface area contributed by atoms with Crippen molar-refractivity contribution >= 4 is 0 Å². The minimum absolute atomic E-state index is 0.0636. The third-order valence-corrected chi connectivity index (χ3v) is 4.45. The van der Waals surface area contributed by atoms with E-state index in [1.807, 2.05) is 12.1 Å². The van der Waals surface area contributed by atoms with Crippen molar-refractivity contribution in [2.24, 2.45) is 0 Å². The Balaban J connectivity index is 1.73. The van der Waals surface area contributed by atoms with Gasteiger partial charge in [-0.1, -0.05) is 66.7 Å². The lowest BCUT2D eigenvalue weighted by atomic mass is 9.99. The van der Waals surface area contributed by atoms with Gasteiger partial charge in [0.05, 0.1) is 0 Å². The number of allylic oxidation sites excluding steroid dienone is 1. The molecule has 2 nitrogen and oxygen atoms in total. The lowest BCUT2D eigenvalue weighted by Crippen LogP contribution is -2.29. The predicted octanol–water partition coefficient (Wildman–Crippen LogP) is 4.95. The first-order valence-corrected chi connectivity index (χ1v) is 8.00. The summed E-state index contributed by atoms with van der Waals surface area (Å²) in [6.45, 7) is 0. The van der Waals surface area contributed by atoms with Gasteiger partial charge in [0.25, 0.3) is 0 Å². The molecule has 0 unspecified atom stereocenters. The standard InChI is InChI=1S/C20H20O2/c1-4-10-16(11-5-1)18-19(17-12-6-2-7-13-17)22-20(21-18)14-8-3-9-15-20/h1-2,4-8,10-14,18-19H,3,9,15H2/t18-,19-/m1/s1. The number of hydrogen-bond acceptors (Lipinski definition) is 2. The fraction of sp³-hybridized carbons (Fsp3) is 0.300. The number of ether oxygens (including phenoxy) is 2. The Labute approximate surface area is 131 Å². The SMILES string of the molecule is C1=CC2(CCC1)O[C@H](c1ccccc1)[C@@H](c1ccccc1)O2. The van der Waals surface area contributed by atoms with Crippen molar-refractivity contribution in [2.45, 2.75) is 37.3 Å². The van der Waals surface area contributed by atoms with E-state index in [0.717, 1.165) is 19.3 Å². The third kappa shape index (κ3) is 2.49. The van der Waals surface area contributed by atoms with Crippen LogP contribution in [-0.4, -0.2) is 5.79 Å². The van der Waals surface area contributed by atoms with Crippen LogP contribution in [0.2, 0.25) is 0 Å². The lowest BCUT2D eigenvalue weighted by Gasteiger charge is -2.27. The van der Waals surface area contributed by atoms with E-state index in [0.29, 0.717) is 0 Å². The summed E-state index contributed by atoms with van der Waals surface area (Å²) in [4.78, 5) is 0. The number of rotatable bonds is 2. The van der Waals surface area contributed by atoms with Gasteiger partial charge in [0, 0.05) is 6.42 Å². The second kappa shape index (κ2) is 5.71. The molecule has 2 aromatic carbocycles. The molecule has 2 aliphatic rings. The molecule has 0 saturated carbocycles. The van der Waals surface area contributed by atoms with Crippen molar-refractivity contribution in [3.05, 3.63) is 83.9 Å². The van der Waals surface area contributed by atoms with E-state index in [4.69, 9.17) is 9.47 Å². The fourth-order valence-electron chi connectivity index (χ4n) is 3.36. The monoisotopic (exact) mass is 292 g/mol. The zero-order valence-corrected chi connectivity index (χ0v) is 12.5. The van der Waals surface area contributed by atoms with Crippen molar-refractivity contribution < 1.29 is 9.47 Å². The normalized spacial score (nSPS) is 26.4. The zero-order valence-electron chi connectivity index (χ0n) is 12.5. The van der Waals surface area contributed by atoms with E-state index >= 15 is 0 Å². The molecule has 1 heterocycles. The zero-order chi connectivity index (χ0) is 14.8. The molecule has 1 fully saturated rings. The van der Waals surface area contributed by atoms with Gasteiger partial charge in [0.15, 0.2) is 5.79 Å². The van der Waals surface area contributed by atoms with Crippen molar-refractivity contribution in [2.75, 3.05) is 0 Å². The molecule has 0 aromatic heterocycles. The second-order valence-corrected chi connectivity index (χ2v) is 6.00. The maximum absolute atomic E-state index is 6.43. The van der Waals surface area contributed by atoms with Gasteiger partial charge in [-0.15, -0.1) is 0 Å². The average molecular weight is 292 g/mol. The van der Waals surface area contributed by atoms with E-state index in [2.05, 4.69) is 60.7 Å². The van der Waals surface area contributed by atoms with E-state index in [1.165, 1.54) is 11.1 Å². The van der Waals surface area contributed by atoms with E-state index in [1.54, 1.807) is 0 Å². The molecule has 0 bridgehead atoms. The summed E-state index contributed by atoms with van der Waals surface area (Å²) in [6, 6.07) is 20.8. The van der Waals surface area contributed by atoms with E-state index in [9.17, 15) is 0 Å². The number of hydrogen-bond donors (Lipinski definition) is 0. The number of benzene rings is 2. The van der Waals surface area contributed by atoms with Gasteiger partial charge in [0.1, 0.15) is 12.2 Å². The second-order valence-electron chi connectivity index (χ2n) is 6.00. The van der Waals surface area contributed by atoms with Crippen LogP contribution in [-0.2, 0) is 9.47 Å². The van der Waals surface area contributed by atoms with Gasteiger partial charge < -0.3 is 9.47 Å². The molecule has 22 heavy (non-hydrogen) atoms. The van der Waals surface area contributed by atoms with Gasteiger partial charge in [-0.3, -0.25) is 0 Å². The summed E-state index contributed by atoms with van der Waals surface area (Å²) in [5.74, 6) is -0.556. The minimum Gasteiger partial charge on any atom is -0.335 e. The molecule has 2 atom stereocenters. The quantitative estimate of drug-likeness (QED) is 0.729. The predicted molar refractivity (Wildman–Crippen MR) is 86.3 cm³/mol. The van der Waals surface area contributed by atoms with Gasteiger partial charge in [0.2, 0.25) is 0 Å². The molecule has 1 saturated heterocycles. The van der Waals surface area contributed by atoms with Crippen LogP contribution >= 0.6 is 0 Å². The molecular formula is C20H20O2. The highest BCUT2D eigenvalue weighted by Gasteiger charge is 2.47. The van der Waals surface area contributed by atoms with Crippen LogP contribution < -0.4 is 0 Å². The molecular weight excluding hydrogens is 272 g/mol. The molecule has 112 valence electrons. The smallest absolute Gasteiger partial charge is 0.189 e. The lowest BCUT2D eigenvalue weighted by molar-refractivity contribution is -0.146. The van der Waals surface area contributed by atoms with Gasteiger partial charge in [-0.05, 0) is 30.0 Å². The molecule has 1 aliphatic heterocycles. The Kier molecular flexibility index (Phi) is 3.57. The summed E-state index contributed by atoms with van der Waals surface area (Å²) in [5.41, 5.74) is 2.35.